The summed E-state index contributed by atoms with van der Waals surface area (Å²) in [4.78, 5) is 37.5. The second-order valence-electron chi connectivity index (χ2n) is 6.73. The summed E-state index contributed by atoms with van der Waals surface area (Å²) in [6.07, 6.45) is 6.99. The van der Waals surface area contributed by atoms with Crippen molar-refractivity contribution in [2.75, 3.05) is 11.9 Å². The molecule has 8 nitrogen and oxygen atoms in total. The molecule has 0 saturated carbocycles. The average Bonchev–Trinajstić information content (AvgIpc) is 3.30. The second kappa shape index (κ2) is 8.55. The predicted octanol–water partition coefficient (Wildman–Crippen LogP) is 3.29. The highest BCUT2D eigenvalue weighted by molar-refractivity contribution is 7.17. The van der Waals surface area contributed by atoms with Crippen molar-refractivity contribution in [2.24, 2.45) is 0 Å². The van der Waals surface area contributed by atoms with Crippen molar-refractivity contribution in [3.05, 3.63) is 34.0 Å². The second-order valence-corrected chi connectivity index (χ2v) is 7.84. The summed E-state index contributed by atoms with van der Waals surface area (Å²) in [6, 6.07) is -0.730. The fourth-order valence-corrected chi connectivity index (χ4v) is 4.41. The van der Waals surface area contributed by atoms with Gasteiger partial charge in [-0.1, -0.05) is 6.92 Å². The molecule has 2 aromatic heterocycles. The molecule has 150 valence electrons. The molecule has 1 aliphatic rings. The minimum absolute atomic E-state index is 0.00932. The van der Waals surface area contributed by atoms with Crippen LogP contribution >= 0.6 is 11.3 Å². The lowest BCUT2D eigenvalue weighted by Crippen LogP contribution is -2.24. The number of aromatic nitrogens is 2. The van der Waals surface area contributed by atoms with Gasteiger partial charge in [-0.2, -0.15) is 5.10 Å². The number of aryl methyl sites for hydroxylation is 1. The Labute approximate surface area is 166 Å². The number of carboxylic acid groups (broad SMARTS) is 1. The van der Waals surface area contributed by atoms with Gasteiger partial charge in [0.25, 0.3) is 0 Å². The lowest BCUT2D eigenvalue weighted by Gasteiger charge is -2.14. The van der Waals surface area contributed by atoms with E-state index in [0.717, 1.165) is 42.5 Å². The van der Waals surface area contributed by atoms with Crippen LogP contribution in [0.25, 0.3) is 0 Å². The lowest BCUT2D eigenvalue weighted by molar-refractivity contribution is -0.119. The van der Waals surface area contributed by atoms with E-state index in [9.17, 15) is 14.4 Å². The molecule has 1 aliphatic carbocycles. The van der Waals surface area contributed by atoms with Crippen molar-refractivity contribution in [2.45, 2.75) is 52.0 Å². The zero-order valence-electron chi connectivity index (χ0n) is 15.9. The van der Waals surface area contributed by atoms with Gasteiger partial charge in [0.15, 0.2) is 0 Å². The van der Waals surface area contributed by atoms with Crippen LogP contribution in [0.1, 0.15) is 70.3 Å². The Hall–Kier alpha value is -2.68. The molecule has 0 aromatic carbocycles. The number of thiophene rings is 1. The minimum atomic E-state index is -1.11. The standard InChI is InChI=1S/C19H23N3O5S/c1-3-8-27-19(26)15-13-6-4-5-7-14(13)28-17(15)21-16(23)11(2)22-10-12(9-20-22)18(24)25/h9-11H,3-8H2,1-2H3,(H,21,23)(H,24,25). The van der Waals surface area contributed by atoms with E-state index >= 15 is 0 Å². The molecule has 1 amide bonds. The van der Waals surface area contributed by atoms with E-state index in [1.54, 1.807) is 6.92 Å². The number of hydrogen-bond donors (Lipinski definition) is 2. The van der Waals surface area contributed by atoms with Crippen LogP contribution in [-0.2, 0) is 22.4 Å². The molecule has 0 spiro atoms. The smallest absolute Gasteiger partial charge is 0.341 e. The molecular formula is C19H23N3O5S. The monoisotopic (exact) mass is 405 g/mol. The Morgan fingerprint density at radius 1 is 1.36 bits per heavy atom. The van der Waals surface area contributed by atoms with E-state index < -0.39 is 18.0 Å². The SMILES string of the molecule is CCCOC(=O)c1c(NC(=O)C(C)n2cc(C(=O)O)cn2)sc2c1CCCC2. The molecule has 0 bridgehead atoms. The Morgan fingerprint density at radius 3 is 2.79 bits per heavy atom. The van der Waals surface area contributed by atoms with Crippen LogP contribution in [0, 0.1) is 0 Å². The molecule has 2 aromatic rings. The third-order valence-electron chi connectivity index (χ3n) is 4.67. The first-order valence-electron chi connectivity index (χ1n) is 9.32. The Morgan fingerprint density at radius 2 is 2.11 bits per heavy atom. The van der Waals surface area contributed by atoms with Gasteiger partial charge in [-0.15, -0.1) is 11.3 Å². The van der Waals surface area contributed by atoms with Gasteiger partial charge in [0.2, 0.25) is 5.91 Å². The van der Waals surface area contributed by atoms with Crippen LogP contribution in [0.5, 0.6) is 0 Å². The maximum atomic E-state index is 12.7. The quantitative estimate of drug-likeness (QED) is 0.684. The molecule has 2 heterocycles. The number of amides is 1. The molecule has 9 heteroatoms. The molecular weight excluding hydrogens is 382 g/mol. The Kier molecular flexibility index (Phi) is 6.13. The maximum absolute atomic E-state index is 12.7. The summed E-state index contributed by atoms with van der Waals surface area (Å²) in [7, 11) is 0. The van der Waals surface area contributed by atoms with Crippen molar-refractivity contribution >= 4 is 34.2 Å². The molecule has 0 aliphatic heterocycles. The number of hydrogen-bond acceptors (Lipinski definition) is 6. The van der Waals surface area contributed by atoms with E-state index in [4.69, 9.17) is 9.84 Å². The molecule has 0 saturated heterocycles. The summed E-state index contributed by atoms with van der Waals surface area (Å²) in [5.41, 5.74) is 1.45. The summed E-state index contributed by atoms with van der Waals surface area (Å²) in [5.74, 6) is -1.88. The number of nitrogens with one attached hydrogen (secondary N) is 1. The van der Waals surface area contributed by atoms with Gasteiger partial charge in [0.05, 0.1) is 23.9 Å². The fourth-order valence-electron chi connectivity index (χ4n) is 3.13. The van der Waals surface area contributed by atoms with E-state index in [2.05, 4.69) is 10.4 Å². The molecule has 3 rings (SSSR count). The number of carbonyl (C=O) groups is 3. The van der Waals surface area contributed by atoms with E-state index in [0.29, 0.717) is 17.2 Å². The molecule has 1 unspecified atom stereocenters. The van der Waals surface area contributed by atoms with Gasteiger partial charge in [0, 0.05) is 11.1 Å². The molecule has 0 radical (unpaired) electrons. The normalized spacial score (nSPS) is 14.2. The number of aromatic carboxylic acids is 1. The number of nitrogens with zero attached hydrogens (tertiary/aromatic N) is 2. The number of esters is 1. The highest BCUT2D eigenvalue weighted by atomic mass is 32.1. The zero-order valence-corrected chi connectivity index (χ0v) is 16.7. The number of ether oxygens (including phenoxy) is 1. The van der Waals surface area contributed by atoms with Crippen molar-refractivity contribution in [1.29, 1.82) is 0 Å². The van der Waals surface area contributed by atoms with Gasteiger partial charge >= 0.3 is 11.9 Å². The van der Waals surface area contributed by atoms with Gasteiger partial charge in [-0.05, 0) is 44.6 Å². The first-order chi connectivity index (χ1) is 13.4. The predicted molar refractivity (Wildman–Crippen MR) is 104 cm³/mol. The third kappa shape index (κ3) is 4.09. The lowest BCUT2D eigenvalue weighted by atomic mass is 9.95. The van der Waals surface area contributed by atoms with Crippen LogP contribution in [0.2, 0.25) is 0 Å². The number of rotatable bonds is 7. The van der Waals surface area contributed by atoms with E-state index in [1.165, 1.54) is 28.4 Å². The average molecular weight is 405 g/mol. The van der Waals surface area contributed by atoms with Crippen LogP contribution in [0.4, 0.5) is 5.00 Å². The third-order valence-corrected chi connectivity index (χ3v) is 5.88. The number of anilines is 1. The molecule has 1 atom stereocenters. The van der Waals surface area contributed by atoms with Crippen LogP contribution in [-0.4, -0.2) is 39.3 Å². The summed E-state index contributed by atoms with van der Waals surface area (Å²) in [6.45, 7) is 3.88. The largest absolute Gasteiger partial charge is 0.478 e. The van der Waals surface area contributed by atoms with E-state index in [-0.39, 0.29) is 11.5 Å². The van der Waals surface area contributed by atoms with Gasteiger partial charge in [-0.3, -0.25) is 9.48 Å². The summed E-state index contributed by atoms with van der Waals surface area (Å²) < 4.78 is 6.63. The van der Waals surface area contributed by atoms with Gasteiger partial charge < -0.3 is 15.2 Å². The molecule has 2 N–H and O–H groups in total. The van der Waals surface area contributed by atoms with Crippen molar-refractivity contribution in [3.63, 3.8) is 0 Å². The number of fused-ring (bicyclic) bond motifs is 1. The first-order valence-corrected chi connectivity index (χ1v) is 10.1. The maximum Gasteiger partial charge on any atom is 0.341 e. The summed E-state index contributed by atoms with van der Waals surface area (Å²) >= 11 is 1.42. The zero-order chi connectivity index (χ0) is 20.3. The highest BCUT2D eigenvalue weighted by Gasteiger charge is 2.28. The Bertz CT molecular complexity index is 902. The molecule has 28 heavy (non-hydrogen) atoms. The van der Waals surface area contributed by atoms with Crippen LogP contribution in [0.3, 0.4) is 0 Å². The van der Waals surface area contributed by atoms with Crippen molar-refractivity contribution < 1.29 is 24.2 Å². The van der Waals surface area contributed by atoms with Gasteiger partial charge in [-0.25, -0.2) is 9.59 Å². The van der Waals surface area contributed by atoms with Crippen molar-refractivity contribution in [1.82, 2.24) is 9.78 Å². The van der Waals surface area contributed by atoms with Gasteiger partial charge in [0.1, 0.15) is 11.0 Å². The summed E-state index contributed by atoms with van der Waals surface area (Å²) in [5, 5.41) is 16.3. The number of carbonyl (C=O) groups excluding carboxylic acids is 2. The fraction of sp³-hybridized carbons (Fsp3) is 0.474. The minimum Gasteiger partial charge on any atom is -0.478 e. The van der Waals surface area contributed by atoms with Crippen molar-refractivity contribution in [3.8, 4) is 0 Å². The van der Waals surface area contributed by atoms with Crippen LogP contribution < -0.4 is 5.32 Å². The topological polar surface area (TPSA) is 111 Å². The first kappa shape index (κ1) is 20.1. The Balaban J connectivity index is 1.83. The molecule has 0 fully saturated rings. The number of carboxylic acids is 1. The van der Waals surface area contributed by atoms with Crippen LogP contribution in [0.15, 0.2) is 12.4 Å². The highest BCUT2D eigenvalue weighted by Crippen LogP contribution is 2.39. The van der Waals surface area contributed by atoms with E-state index in [1.807, 2.05) is 6.92 Å².